The summed E-state index contributed by atoms with van der Waals surface area (Å²) < 4.78 is 1.60. The quantitative estimate of drug-likeness (QED) is 0.851. The van der Waals surface area contributed by atoms with E-state index in [1.807, 2.05) is 13.1 Å². The van der Waals surface area contributed by atoms with E-state index in [1.165, 1.54) is 24.2 Å². The Morgan fingerprint density at radius 2 is 2.13 bits per heavy atom. The molecule has 0 spiro atoms. The molecule has 0 aliphatic heterocycles. The molecule has 1 fully saturated rings. The van der Waals surface area contributed by atoms with Gasteiger partial charge in [-0.3, -0.25) is 0 Å². The van der Waals surface area contributed by atoms with Crippen LogP contribution >= 0.6 is 34.5 Å². The van der Waals surface area contributed by atoms with Crippen molar-refractivity contribution in [2.45, 2.75) is 25.8 Å². The predicted molar refractivity (Wildman–Crippen MR) is 68.0 cm³/mol. The number of hydrogen-bond donors (Lipinski definition) is 1. The maximum Gasteiger partial charge on any atom is 0.0992 e. The molecule has 1 saturated carbocycles. The minimum absolute atomic E-state index is 0.341. The Morgan fingerprint density at radius 1 is 1.47 bits per heavy atom. The van der Waals surface area contributed by atoms with Gasteiger partial charge in [-0.05, 0) is 37.8 Å². The van der Waals surface area contributed by atoms with Crippen molar-refractivity contribution < 1.29 is 0 Å². The van der Waals surface area contributed by atoms with Gasteiger partial charge < -0.3 is 5.32 Å². The predicted octanol–water partition coefficient (Wildman–Crippen LogP) is 4.36. The van der Waals surface area contributed by atoms with Gasteiger partial charge in [-0.25, -0.2) is 0 Å². The molecule has 0 aromatic carbocycles. The van der Waals surface area contributed by atoms with E-state index < -0.39 is 0 Å². The summed E-state index contributed by atoms with van der Waals surface area (Å²) in [5, 5.41) is 3.36. The third-order valence-electron chi connectivity index (χ3n) is 3.22. The van der Waals surface area contributed by atoms with Gasteiger partial charge in [0.2, 0.25) is 0 Å². The number of nitrogens with one attached hydrogen (secondary N) is 1. The standard InChI is InChI=1S/C11H15Cl2NS/c1-6(7-3-4-7)10(14-2)8-5-9(12)15-11(8)13/h5-7,10,14H,3-4H2,1-2H3. The zero-order valence-corrected chi connectivity index (χ0v) is 11.2. The topological polar surface area (TPSA) is 12.0 Å². The molecule has 0 bridgehead atoms. The molecular weight excluding hydrogens is 249 g/mol. The Morgan fingerprint density at radius 3 is 2.53 bits per heavy atom. The first-order valence-electron chi connectivity index (χ1n) is 5.25. The Balaban J connectivity index is 2.21. The van der Waals surface area contributed by atoms with Gasteiger partial charge in [-0.2, -0.15) is 0 Å². The lowest BCUT2D eigenvalue weighted by molar-refractivity contribution is 0.370. The third kappa shape index (κ3) is 2.50. The van der Waals surface area contributed by atoms with Crippen molar-refractivity contribution in [3.8, 4) is 0 Å². The summed E-state index contributed by atoms with van der Waals surface area (Å²) in [5.41, 5.74) is 1.16. The van der Waals surface area contributed by atoms with E-state index >= 15 is 0 Å². The summed E-state index contributed by atoms with van der Waals surface area (Å²) in [7, 11) is 1.99. The monoisotopic (exact) mass is 263 g/mol. The van der Waals surface area contributed by atoms with Gasteiger partial charge in [-0.15, -0.1) is 11.3 Å². The lowest BCUT2D eigenvalue weighted by Crippen LogP contribution is -2.24. The summed E-state index contributed by atoms with van der Waals surface area (Å²) in [6.07, 6.45) is 2.71. The van der Waals surface area contributed by atoms with Crippen molar-refractivity contribution >= 4 is 34.5 Å². The van der Waals surface area contributed by atoms with Gasteiger partial charge in [0, 0.05) is 11.6 Å². The van der Waals surface area contributed by atoms with Crippen LogP contribution in [0.4, 0.5) is 0 Å². The molecule has 1 aliphatic carbocycles. The largest absolute Gasteiger partial charge is 0.313 e. The van der Waals surface area contributed by atoms with E-state index in [9.17, 15) is 0 Å². The lowest BCUT2D eigenvalue weighted by atomic mass is 9.92. The Kier molecular flexibility index (Phi) is 3.61. The summed E-state index contributed by atoms with van der Waals surface area (Å²) >= 11 is 13.6. The second kappa shape index (κ2) is 4.62. The Labute approximate surface area is 105 Å². The molecule has 4 heteroatoms. The first-order valence-corrected chi connectivity index (χ1v) is 6.82. The molecule has 0 radical (unpaired) electrons. The zero-order chi connectivity index (χ0) is 11.0. The molecule has 15 heavy (non-hydrogen) atoms. The highest BCUT2D eigenvalue weighted by atomic mass is 35.5. The van der Waals surface area contributed by atoms with E-state index in [-0.39, 0.29) is 0 Å². The van der Waals surface area contributed by atoms with Crippen LogP contribution in [-0.2, 0) is 0 Å². The molecular formula is C11H15Cl2NS. The molecule has 84 valence electrons. The number of rotatable bonds is 4. The minimum atomic E-state index is 0.341. The van der Waals surface area contributed by atoms with Crippen LogP contribution in [0, 0.1) is 11.8 Å². The van der Waals surface area contributed by atoms with Crippen molar-refractivity contribution in [2.24, 2.45) is 11.8 Å². The third-order valence-corrected chi connectivity index (χ3v) is 4.74. The zero-order valence-electron chi connectivity index (χ0n) is 8.89. The highest BCUT2D eigenvalue weighted by molar-refractivity contribution is 7.20. The number of hydrogen-bond acceptors (Lipinski definition) is 2. The smallest absolute Gasteiger partial charge is 0.0992 e. The van der Waals surface area contributed by atoms with Crippen molar-refractivity contribution in [1.29, 1.82) is 0 Å². The van der Waals surface area contributed by atoms with Gasteiger partial charge in [0.1, 0.15) is 0 Å². The van der Waals surface area contributed by atoms with Crippen LogP contribution in [0.15, 0.2) is 6.07 Å². The van der Waals surface area contributed by atoms with Crippen LogP contribution in [0.1, 0.15) is 31.4 Å². The molecule has 0 saturated heterocycles. The maximum absolute atomic E-state index is 6.18. The van der Waals surface area contributed by atoms with Crippen molar-refractivity contribution in [3.05, 3.63) is 20.3 Å². The maximum atomic E-state index is 6.18. The van der Waals surface area contributed by atoms with Crippen LogP contribution in [0.5, 0.6) is 0 Å². The van der Waals surface area contributed by atoms with Gasteiger partial charge in [0.05, 0.1) is 8.67 Å². The van der Waals surface area contributed by atoms with Crippen molar-refractivity contribution in [3.63, 3.8) is 0 Å². The van der Waals surface area contributed by atoms with Crippen molar-refractivity contribution in [2.75, 3.05) is 7.05 Å². The second-order valence-corrected chi connectivity index (χ2v) is 6.53. The molecule has 2 rings (SSSR count). The summed E-state index contributed by atoms with van der Waals surface area (Å²) in [5.74, 6) is 1.50. The van der Waals surface area contributed by atoms with Crippen LogP contribution in [0.3, 0.4) is 0 Å². The van der Waals surface area contributed by atoms with Gasteiger partial charge in [0.15, 0.2) is 0 Å². The van der Waals surface area contributed by atoms with Crippen LogP contribution in [-0.4, -0.2) is 7.05 Å². The molecule has 1 nitrogen and oxygen atoms in total. The number of halogens is 2. The van der Waals surface area contributed by atoms with E-state index in [0.717, 1.165) is 20.2 Å². The van der Waals surface area contributed by atoms with Crippen LogP contribution < -0.4 is 5.32 Å². The average molecular weight is 264 g/mol. The fourth-order valence-corrected chi connectivity index (χ4v) is 3.71. The SMILES string of the molecule is CNC(c1cc(Cl)sc1Cl)C(C)C1CC1. The normalized spacial score (nSPS) is 20.3. The summed E-state index contributed by atoms with van der Waals surface area (Å²) in [4.78, 5) is 0. The van der Waals surface area contributed by atoms with E-state index in [4.69, 9.17) is 23.2 Å². The van der Waals surface area contributed by atoms with E-state index in [0.29, 0.717) is 12.0 Å². The van der Waals surface area contributed by atoms with Crippen molar-refractivity contribution in [1.82, 2.24) is 5.32 Å². The molecule has 0 amide bonds. The molecule has 2 atom stereocenters. The summed E-state index contributed by atoms with van der Waals surface area (Å²) in [6, 6.07) is 2.34. The molecule has 1 aliphatic rings. The molecule has 1 N–H and O–H groups in total. The van der Waals surface area contributed by atoms with Crippen LogP contribution in [0.2, 0.25) is 8.67 Å². The van der Waals surface area contributed by atoms with Gasteiger partial charge in [0.25, 0.3) is 0 Å². The Hall–Kier alpha value is 0.240. The van der Waals surface area contributed by atoms with E-state index in [1.54, 1.807) is 0 Å². The second-order valence-electron chi connectivity index (χ2n) is 4.24. The minimum Gasteiger partial charge on any atom is -0.313 e. The fraction of sp³-hybridized carbons (Fsp3) is 0.636. The average Bonchev–Trinajstić information content (AvgIpc) is 2.95. The molecule has 2 unspecified atom stereocenters. The fourth-order valence-electron chi connectivity index (χ4n) is 2.16. The van der Waals surface area contributed by atoms with E-state index in [2.05, 4.69) is 12.2 Å². The highest BCUT2D eigenvalue weighted by Crippen LogP contribution is 2.45. The summed E-state index contributed by atoms with van der Waals surface area (Å²) in [6.45, 7) is 2.29. The molecule has 1 aromatic rings. The van der Waals surface area contributed by atoms with Crippen LogP contribution in [0.25, 0.3) is 0 Å². The number of thiophene rings is 1. The van der Waals surface area contributed by atoms with Gasteiger partial charge >= 0.3 is 0 Å². The lowest BCUT2D eigenvalue weighted by Gasteiger charge is -2.23. The van der Waals surface area contributed by atoms with Gasteiger partial charge in [-0.1, -0.05) is 30.1 Å². The molecule has 1 heterocycles. The first-order chi connectivity index (χ1) is 7.13. The highest BCUT2D eigenvalue weighted by Gasteiger charge is 2.34. The first kappa shape index (κ1) is 11.7. The Bertz CT molecular complexity index is 346. The molecule has 1 aromatic heterocycles.